The van der Waals surface area contributed by atoms with Crippen LogP contribution in [-0.2, 0) is 6.42 Å². The zero-order chi connectivity index (χ0) is 8.27. The van der Waals surface area contributed by atoms with Gasteiger partial charge in [0.2, 0.25) is 0 Å². The van der Waals surface area contributed by atoms with Crippen molar-refractivity contribution in [2.24, 2.45) is 0 Å². The summed E-state index contributed by atoms with van der Waals surface area (Å²) in [6, 6.07) is 3.68. The van der Waals surface area contributed by atoms with Gasteiger partial charge in [0.25, 0.3) is 0 Å². The Morgan fingerprint density at radius 1 is 1.36 bits per heavy atom. The lowest BCUT2D eigenvalue weighted by Gasteiger charge is -2.00. The Kier molecular flexibility index (Phi) is 3.16. The molecule has 1 rings (SSSR count). The van der Waals surface area contributed by atoms with Gasteiger partial charge < -0.3 is 0 Å². The Labute approximate surface area is 76.4 Å². The summed E-state index contributed by atoms with van der Waals surface area (Å²) < 4.78 is 0. The number of aryl methyl sites for hydroxylation is 1. The fraction of sp³-hybridized carbons (Fsp3) is 0.375. The molecule has 1 aromatic rings. The minimum absolute atomic E-state index is 0.454. The van der Waals surface area contributed by atoms with E-state index in [4.69, 9.17) is 23.2 Å². The van der Waals surface area contributed by atoms with Crippen molar-refractivity contribution in [1.29, 1.82) is 0 Å². The molecule has 0 saturated carbocycles. The quantitative estimate of drug-likeness (QED) is 0.651. The summed E-state index contributed by atoms with van der Waals surface area (Å²) in [5.74, 6) is 0. The van der Waals surface area contributed by atoms with Crippen LogP contribution in [0.3, 0.4) is 0 Å². The van der Waals surface area contributed by atoms with Crippen molar-refractivity contribution in [3.63, 3.8) is 0 Å². The molecule has 0 aliphatic rings. The standard InChI is InChI=1S/C8H9Cl2N/c1-2-3-6-4-5-7(9)11-8(6)10/h4-5H,2-3H2,1H3. The van der Waals surface area contributed by atoms with Crippen LogP contribution in [0.15, 0.2) is 12.1 Å². The highest BCUT2D eigenvalue weighted by Crippen LogP contribution is 2.17. The molecule has 0 aliphatic heterocycles. The summed E-state index contributed by atoms with van der Waals surface area (Å²) in [6.07, 6.45) is 2.03. The average molecular weight is 190 g/mol. The first-order chi connectivity index (χ1) is 5.24. The molecule has 0 radical (unpaired) electrons. The van der Waals surface area contributed by atoms with Crippen molar-refractivity contribution in [1.82, 2.24) is 4.98 Å². The van der Waals surface area contributed by atoms with Crippen LogP contribution in [0.25, 0.3) is 0 Å². The topological polar surface area (TPSA) is 12.9 Å². The summed E-state index contributed by atoms with van der Waals surface area (Å²) in [7, 11) is 0. The molecule has 0 N–H and O–H groups in total. The number of hydrogen-bond acceptors (Lipinski definition) is 1. The summed E-state index contributed by atoms with van der Waals surface area (Å²) in [5.41, 5.74) is 1.07. The predicted octanol–water partition coefficient (Wildman–Crippen LogP) is 3.34. The second-order valence-corrected chi connectivity index (χ2v) is 3.08. The molecule has 0 aromatic carbocycles. The Balaban J connectivity index is 2.90. The highest BCUT2D eigenvalue weighted by atomic mass is 35.5. The predicted molar refractivity (Wildman–Crippen MR) is 48.3 cm³/mol. The van der Waals surface area contributed by atoms with Gasteiger partial charge in [-0.15, -0.1) is 0 Å². The third kappa shape index (κ3) is 2.35. The van der Waals surface area contributed by atoms with E-state index >= 15 is 0 Å². The number of hydrogen-bond donors (Lipinski definition) is 0. The Bertz CT molecular complexity index is 248. The largest absolute Gasteiger partial charge is 0.224 e. The maximum absolute atomic E-state index is 5.81. The first kappa shape index (κ1) is 8.82. The number of nitrogens with zero attached hydrogens (tertiary/aromatic N) is 1. The summed E-state index contributed by atoms with van der Waals surface area (Å²) in [5, 5.41) is 0.981. The lowest BCUT2D eigenvalue weighted by atomic mass is 10.2. The van der Waals surface area contributed by atoms with E-state index in [0.717, 1.165) is 18.4 Å². The molecule has 11 heavy (non-hydrogen) atoms. The van der Waals surface area contributed by atoms with Crippen LogP contribution in [0.4, 0.5) is 0 Å². The van der Waals surface area contributed by atoms with Gasteiger partial charge in [-0.25, -0.2) is 4.98 Å². The minimum atomic E-state index is 0.454. The zero-order valence-corrected chi connectivity index (χ0v) is 7.78. The third-order valence-corrected chi connectivity index (χ3v) is 1.95. The van der Waals surface area contributed by atoms with Crippen LogP contribution in [0.1, 0.15) is 18.9 Å². The summed E-state index contributed by atoms with van der Waals surface area (Å²) >= 11 is 11.4. The maximum atomic E-state index is 5.81. The number of halogens is 2. The molecule has 0 fully saturated rings. The molecule has 0 aliphatic carbocycles. The molecule has 0 saturated heterocycles. The van der Waals surface area contributed by atoms with Gasteiger partial charge in [-0.3, -0.25) is 0 Å². The first-order valence-corrected chi connectivity index (χ1v) is 4.30. The number of rotatable bonds is 2. The SMILES string of the molecule is CCCc1ccc(Cl)nc1Cl. The van der Waals surface area contributed by atoms with Crippen LogP contribution < -0.4 is 0 Å². The molecule has 0 unspecified atom stereocenters. The van der Waals surface area contributed by atoms with Gasteiger partial charge in [-0.1, -0.05) is 42.6 Å². The van der Waals surface area contributed by atoms with Gasteiger partial charge in [0.1, 0.15) is 10.3 Å². The fourth-order valence-electron chi connectivity index (χ4n) is 0.897. The minimum Gasteiger partial charge on any atom is -0.224 e. The molecule has 0 spiro atoms. The van der Waals surface area contributed by atoms with E-state index < -0.39 is 0 Å². The normalized spacial score (nSPS) is 10.1. The van der Waals surface area contributed by atoms with Gasteiger partial charge in [0, 0.05) is 0 Å². The zero-order valence-electron chi connectivity index (χ0n) is 6.27. The lowest BCUT2D eigenvalue weighted by Crippen LogP contribution is -1.87. The summed E-state index contributed by atoms with van der Waals surface area (Å²) in [4.78, 5) is 3.92. The van der Waals surface area contributed by atoms with Gasteiger partial charge in [0.05, 0.1) is 0 Å². The molecule has 1 heterocycles. The molecule has 0 atom stereocenters. The monoisotopic (exact) mass is 189 g/mol. The molecular weight excluding hydrogens is 181 g/mol. The van der Waals surface area contributed by atoms with Gasteiger partial charge >= 0.3 is 0 Å². The second kappa shape index (κ2) is 3.93. The van der Waals surface area contributed by atoms with E-state index in [2.05, 4.69) is 11.9 Å². The maximum Gasteiger partial charge on any atom is 0.134 e. The first-order valence-electron chi connectivity index (χ1n) is 3.55. The number of aromatic nitrogens is 1. The molecule has 1 aromatic heterocycles. The van der Waals surface area contributed by atoms with Crippen LogP contribution in [0.2, 0.25) is 10.3 Å². The highest BCUT2D eigenvalue weighted by Gasteiger charge is 2.00. The van der Waals surface area contributed by atoms with Crippen molar-refractivity contribution >= 4 is 23.2 Å². The van der Waals surface area contributed by atoms with Crippen molar-refractivity contribution in [2.75, 3.05) is 0 Å². The Morgan fingerprint density at radius 3 is 2.64 bits per heavy atom. The molecule has 0 bridgehead atoms. The van der Waals surface area contributed by atoms with Crippen LogP contribution >= 0.6 is 23.2 Å². The van der Waals surface area contributed by atoms with Crippen molar-refractivity contribution in [2.45, 2.75) is 19.8 Å². The van der Waals surface area contributed by atoms with Crippen molar-refractivity contribution in [3.05, 3.63) is 28.0 Å². The van der Waals surface area contributed by atoms with E-state index in [1.807, 2.05) is 6.07 Å². The molecule has 3 heteroatoms. The Hall–Kier alpha value is -0.270. The van der Waals surface area contributed by atoms with E-state index in [9.17, 15) is 0 Å². The fourth-order valence-corrected chi connectivity index (χ4v) is 1.34. The van der Waals surface area contributed by atoms with Crippen LogP contribution in [-0.4, -0.2) is 4.98 Å². The highest BCUT2D eigenvalue weighted by molar-refractivity contribution is 6.32. The van der Waals surface area contributed by atoms with Crippen molar-refractivity contribution < 1.29 is 0 Å². The third-order valence-electron chi connectivity index (χ3n) is 1.41. The van der Waals surface area contributed by atoms with Crippen LogP contribution in [0, 0.1) is 0 Å². The lowest BCUT2D eigenvalue weighted by molar-refractivity contribution is 0.914. The molecule has 60 valence electrons. The summed E-state index contributed by atoms with van der Waals surface area (Å²) in [6.45, 7) is 2.10. The van der Waals surface area contributed by atoms with E-state index in [1.54, 1.807) is 6.07 Å². The average Bonchev–Trinajstić information content (AvgIpc) is 1.95. The van der Waals surface area contributed by atoms with E-state index in [1.165, 1.54) is 0 Å². The Morgan fingerprint density at radius 2 is 2.09 bits per heavy atom. The van der Waals surface area contributed by atoms with Gasteiger partial charge in [0.15, 0.2) is 0 Å². The van der Waals surface area contributed by atoms with E-state index in [0.29, 0.717) is 10.3 Å². The second-order valence-electron chi connectivity index (χ2n) is 2.33. The van der Waals surface area contributed by atoms with E-state index in [-0.39, 0.29) is 0 Å². The number of pyridine rings is 1. The van der Waals surface area contributed by atoms with Crippen molar-refractivity contribution in [3.8, 4) is 0 Å². The molecule has 1 nitrogen and oxygen atoms in total. The van der Waals surface area contributed by atoms with Gasteiger partial charge in [-0.2, -0.15) is 0 Å². The smallest absolute Gasteiger partial charge is 0.134 e. The molecular formula is C8H9Cl2N. The van der Waals surface area contributed by atoms with Gasteiger partial charge in [-0.05, 0) is 18.1 Å². The molecule has 0 amide bonds. The van der Waals surface area contributed by atoms with Crippen LogP contribution in [0.5, 0.6) is 0 Å².